The quantitative estimate of drug-likeness (QED) is 0.331. The zero-order chi connectivity index (χ0) is 13.2. The van der Waals surface area contributed by atoms with Crippen LogP contribution in [-0.2, 0) is 14.3 Å². The van der Waals surface area contributed by atoms with Gasteiger partial charge in [0.05, 0.1) is 0 Å². The van der Waals surface area contributed by atoms with E-state index in [9.17, 15) is 0 Å². The molecule has 0 heterocycles. The molecule has 1 rings (SSSR count). The third kappa shape index (κ3) is 5.16. The van der Waals surface area contributed by atoms with Gasteiger partial charge in [0.2, 0.25) is 0 Å². The second-order valence-corrected chi connectivity index (χ2v) is 3.48. The van der Waals surface area contributed by atoms with Crippen LogP contribution in [0.3, 0.4) is 0 Å². The molecule has 2 N–H and O–H groups in total. The third-order valence-electron chi connectivity index (χ3n) is 2.15. The number of hydrogen-bond acceptors (Lipinski definition) is 4. The Morgan fingerprint density at radius 3 is 2.33 bits per heavy atom. The van der Waals surface area contributed by atoms with E-state index in [4.69, 9.17) is 20.0 Å². The molecule has 0 spiro atoms. The van der Waals surface area contributed by atoms with E-state index >= 15 is 0 Å². The lowest BCUT2D eigenvalue weighted by atomic mass is 10.2. The van der Waals surface area contributed by atoms with Gasteiger partial charge in [0.15, 0.2) is 18.7 Å². The normalized spacial score (nSPS) is 11.8. The molecule has 0 radical (unpaired) electrons. The average Bonchev–Trinajstić information content (AvgIpc) is 2.40. The lowest BCUT2D eigenvalue weighted by molar-refractivity contribution is -0.167. The van der Waals surface area contributed by atoms with Crippen LogP contribution < -0.4 is 5.73 Å². The van der Waals surface area contributed by atoms with Crippen molar-refractivity contribution >= 4 is 5.84 Å². The summed E-state index contributed by atoms with van der Waals surface area (Å²) in [6, 6.07) is 9.43. The Kier molecular flexibility index (Phi) is 6.83. The highest BCUT2D eigenvalue weighted by Gasteiger charge is 2.08. The summed E-state index contributed by atoms with van der Waals surface area (Å²) in [6.45, 7) is 5.13. The van der Waals surface area contributed by atoms with Gasteiger partial charge in [-0.2, -0.15) is 0 Å². The Morgan fingerprint density at radius 1 is 1.17 bits per heavy atom. The zero-order valence-corrected chi connectivity index (χ0v) is 10.8. The maximum Gasteiger partial charge on any atom is 0.194 e. The number of ether oxygens (including phenoxy) is 2. The van der Waals surface area contributed by atoms with Crippen molar-refractivity contribution in [3.8, 4) is 0 Å². The summed E-state index contributed by atoms with van der Waals surface area (Å²) >= 11 is 0. The van der Waals surface area contributed by atoms with E-state index in [0.29, 0.717) is 19.0 Å². The van der Waals surface area contributed by atoms with Gasteiger partial charge in [0, 0.05) is 18.8 Å². The minimum absolute atomic E-state index is 0.217. The Morgan fingerprint density at radius 2 is 1.78 bits per heavy atom. The van der Waals surface area contributed by atoms with Crippen LogP contribution in [0.2, 0.25) is 0 Å². The highest BCUT2D eigenvalue weighted by molar-refractivity contribution is 5.96. The van der Waals surface area contributed by atoms with Gasteiger partial charge in [0.1, 0.15) is 0 Å². The summed E-state index contributed by atoms with van der Waals surface area (Å²) in [5.74, 6) is 0.336. The fourth-order valence-electron chi connectivity index (χ4n) is 1.35. The molecule has 0 bridgehead atoms. The van der Waals surface area contributed by atoms with Crippen molar-refractivity contribution in [1.82, 2.24) is 0 Å². The highest BCUT2D eigenvalue weighted by atomic mass is 16.7. The fourth-order valence-corrected chi connectivity index (χ4v) is 1.35. The van der Waals surface area contributed by atoms with Gasteiger partial charge < -0.3 is 20.0 Å². The van der Waals surface area contributed by atoms with Gasteiger partial charge in [-0.25, -0.2) is 0 Å². The maximum atomic E-state index is 5.77. The molecule has 18 heavy (non-hydrogen) atoms. The molecule has 5 heteroatoms. The summed E-state index contributed by atoms with van der Waals surface area (Å²) in [5, 5.41) is 3.83. The van der Waals surface area contributed by atoms with Crippen LogP contribution in [0.5, 0.6) is 0 Å². The summed E-state index contributed by atoms with van der Waals surface area (Å²) in [4.78, 5) is 5.13. The Bertz CT molecular complexity index is 349. The Labute approximate surface area is 108 Å². The molecule has 0 aliphatic heterocycles. The van der Waals surface area contributed by atoms with Crippen molar-refractivity contribution in [2.45, 2.75) is 20.1 Å². The molecule has 1 aromatic carbocycles. The number of rotatable bonds is 8. The molecule has 5 nitrogen and oxygen atoms in total. The highest BCUT2D eigenvalue weighted by Crippen LogP contribution is 2.00. The average molecular weight is 252 g/mol. The van der Waals surface area contributed by atoms with Crippen LogP contribution in [0.15, 0.2) is 35.5 Å². The second-order valence-electron chi connectivity index (χ2n) is 3.48. The van der Waals surface area contributed by atoms with E-state index in [-0.39, 0.29) is 6.61 Å². The zero-order valence-electron chi connectivity index (χ0n) is 10.8. The van der Waals surface area contributed by atoms with Crippen molar-refractivity contribution in [2.75, 3.05) is 19.8 Å². The number of hydrogen-bond donors (Lipinski definition) is 1. The first-order valence-corrected chi connectivity index (χ1v) is 6.02. The summed E-state index contributed by atoms with van der Waals surface area (Å²) in [5.41, 5.74) is 6.59. The van der Waals surface area contributed by atoms with E-state index < -0.39 is 6.29 Å². The largest absolute Gasteiger partial charge is 0.389 e. The van der Waals surface area contributed by atoms with Gasteiger partial charge in [-0.1, -0.05) is 35.5 Å². The standard InChI is InChI=1S/C13H20N2O3/c1-3-16-12(17-4-2)10-18-15-13(14)11-8-6-5-7-9-11/h5-9,12H,3-4,10H2,1-2H3,(H2,14,15). The number of amidine groups is 1. The molecule has 0 atom stereocenters. The summed E-state index contributed by atoms with van der Waals surface area (Å²) < 4.78 is 10.6. The predicted octanol–water partition coefficient (Wildman–Crippen LogP) is 1.72. The molecule has 100 valence electrons. The monoisotopic (exact) mass is 252 g/mol. The molecule has 1 aromatic rings. The first-order chi connectivity index (χ1) is 8.77. The fraction of sp³-hybridized carbons (Fsp3) is 0.462. The Balaban J connectivity index is 2.43. The van der Waals surface area contributed by atoms with Crippen LogP contribution in [0.25, 0.3) is 0 Å². The molecule has 0 amide bonds. The molecular formula is C13H20N2O3. The van der Waals surface area contributed by atoms with E-state index in [1.807, 2.05) is 44.2 Å². The van der Waals surface area contributed by atoms with Crippen LogP contribution in [0, 0.1) is 0 Å². The number of nitrogens with zero attached hydrogens (tertiary/aromatic N) is 1. The van der Waals surface area contributed by atoms with E-state index in [0.717, 1.165) is 5.56 Å². The van der Waals surface area contributed by atoms with Crippen molar-refractivity contribution in [1.29, 1.82) is 0 Å². The van der Waals surface area contributed by atoms with Crippen LogP contribution in [0.1, 0.15) is 19.4 Å². The smallest absolute Gasteiger partial charge is 0.194 e. The molecule has 0 aromatic heterocycles. The molecule has 0 saturated carbocycles. The van der Waals surface area contributed by atoms with Crippen LogP contribution in [0.4, 0.5) is 0 Å². The van der Waals surface area contributed by atoms with E-state index in [1.165, 1.54) is 0 Å². The van der Waals surface area contributed by atoms with Gasteiger partial charge in [-0.3, -0.25) is 0 Å². The van der Waals surface area contributed by atoms with Gasteiger partial charge in [-0.15, -0.1) is 0 Å². The lowest BCUT2D eigenvalue weighted by Gasteiger charge is -2.15. The van der Waals surface area contributed by atoms with E-state index in [1.54, 1.807) is 0 Å². The summed E-state index contributed by atoms with van der Waals surface area (Å²) in [7, 11) is 0. The maximum absolute atomic E-state index is 5.77. The first kappa shape index (κ1) is 14.5. The molecule has 0 unspecified atom stereocenters. The van der Waals surface area contributed by atoms with Crippen molar-refractivity contribution in [3.63, 3.8) is 0 Å². The number of nitrogens with two attached hydrogens (primary N) is 1. The lowest BCUT2D eigenvalue weighted by Crippen LogP contribution is -2.23. The van der Waals surface area contributed by atoms with Gasteiger partial charge >= 0.3 is 0 Å². The number of benzene rings is 1. The molecule has 0 aliphatic carbocycles. The topological polar surface area (TPSA) is 66.1 Å². The van der Waals surface area contributed by atoms with Gasteiger partial charge in [-0.05, 0) is 13.8 Å². The first-order valence-electron chi connectivity index (χ1n) is 6.02. The van der Waals surface area contributed by atoms with Crippen LogP contribution >= 0.6 is 0 Å². The minimum Gasteiger partial charge on any atom is -0.389 e. The molecule has 0 fully saturated rings. The summed E-state index contributed by atoms with van der Waals surface area (Å²) in [6.07, 6.45) is -0.410. The number of oxime groups is 1. The van der Waals surface area contributed by atoms with Crippen molar-refractivity contribution < 1.29 is 14.3 Å². The predicted molar refractivity (Wildman–Crippen MR) is 70.2 cm³/mol. The minimum atomic E-state index is -0.410. The van der Waals surface area contributed by atoms with E-state index in [2.05, 4.69) is 5.16 Å². The molecule has 0 saturated heterocycles. The third-order valence-corrected chi connectivity index (χ3v) is 2.15. The molecule has 0 aliphatic rings. The van der Waals surface area contributed by atoms with Crippen LogP contribution in [-0.4, -0.2) is 31.9 Å². The second kappa shape index (κ2) is 8.49. The Hall–Kier alpha value is -1.59. The van der Waals surface area contributed by atoms with Crippen molar-refractivity contribution in [2.24, 2.45) is 10.9 Å². The molecular weight excluding hydrogens is 232 g/mol. The van der Waals surface area contributed by atoms with Crippen molar-refractivity contribution in [3.05, 3.63) is 35.9 Å². The van der Waals surface area contributed by atoms with Gasteiger partial charge in [0.25, 0.3) is 0 Å². The SMILES string of the molecule is CCOC(CO/N=C(\N)c1ccccc1)OCC.